The summed E-state index contributed by atoms with van der Waals surface area (Å²) in [7, 11) is 0. The monoisotopic (exact) mass is 352 g/mol. The van der Waals surface area contributed by atoms with Crippen LogP contribution in [0.4, 0.5) is 4.79 Å². The zero-order valence-electron chi connectivity index (χ0n) is 15.1. The first kappa shape index (κ1) is 21.0. The lowest BCUT2D eigenvalue weighted by Crippen LogP contribution is -2.12. The molecule has 0 atom stereocenters. The van der Waals surface area contributed by atoms with Crippen LogP contribution in [0, 0.1) is 0 Å². The van der Waals surface area contributed by atoms with E-state index in [0.717, 1.165) is 37.7 Å². The Hall–Kier alpha value is -2.08. The molecule has 1 aromatic rings. The molecule has 0 fully saturated rings. The van der Waals surface area contributed by atoms with E-state index < -0.39 is 12.1 Å². The van der Waals surface area contributed by atoms with Crippen molar-refractivity contribution in [2.24, 2.45) is 0 Å². The fourth-order valence-electron chi connectivity index (χ4n) is 2.28. The number of aryl methyl sites for hydroxylation is 1. The van der Waals surface area contributed by atoms with Gasteiger partial charge in [-0.2, -0.15) is 0 Å². The van der Waals surface area contributed by atoms with Gasteiger partial charge in [-0.25, -0.2) is 14.5 Å². The van der Waals surface area contributed by atoms with E-state index in [1.54, 1.807) is 12.1 Å². The van der Waals surface area contributed by atoms with E-state index in [2.05, 4.69) is 28.7 Å². The van der Waals surface area contributed by atoms with E-state index in [9.17, 15) is 9.59 Å². The Morgan fingerprint density at radius 1 is 0.840 bits per heavy atom. The van der Waals surface area contributed by atoms with Gasteiger partial charge in [0.2, 0.25) is 0 Å². The fourth-order valence-corrected chi connectivity index (χ4v) is 2.28. The standard InChI is InChI=1S/C19H28O6/c1-3-5-6-7-8-9-15-22-19(21)24-25-23-18(20)17-13-11-16(10-4-2)12-14-17/h11-14H,3-10,15H2,1-2H3. The van der Waals surface area contributed by atoms with E-state index in [4.69, 9.17) is 4.74 Å². The molecular weight excluding hydrogens is 324 g/mol. The molecule has 0 aliphatic rings. The second-order valence-corrected chi connectivity index (χ2v) is 5.84. The number of hydrogen-bond acceptors (Lipinski definition) is 6. The van der Waals surface area contributed by atoms with Crippen LogP contribution in [0.5, 0.6) is 0 Å². The molecule has 1 rings (SSSR count). The third-order valence-electron chi connectivity index (χ3n) is 3.66. The van der Waals surface area contributed by atoms with Crippen molar-refractivity contribution < 1.29 is 29.1 Å². The number of carbonyl (C=O) groups is 2. The Morgan fingerprint density at radius 2 is 1.52 bits per heavy atom. The first-order valence-corrected chi connectivity index (χ1v) is 8.98. The number of rotatable bonds is 12. The maximum atomic E-state index is 11.7. The van der Waals surface area contributed by atoms with Crippen LogP contribution in [0.1, 0.15) is 74.7 Å². The van der Waals surface area contributed by atoms with Gasteiger partial charge in [0.05, 0.1) is 17.2 Å². The van der Waals surface area contributed by atoms with E-state index in [1.165, 1.54) is 19.3 Å². The minimum absolute atomic E-state index is 0.251. The molecule has 0 unspecified atom stereocenters. The molecule has 0 amide bonds. The van der Waals surface area contributed by atoms with Gasteiger partial charge in [0, 0.05) is 0 Å². The summed E-state index contributed by atoms with van der Waals surface area (Å²) >= 11 is 0. The highest BCUT2D eigenvalue weighted by molar-refractivity contribution is 5.88. The summed E-state index contributed by atoms with van der Waals surface area (Å²) in [5, 5.41) is 4.18. The third kappa shape index (κ3) is 9.72. The third-order valence-corrected chi connectivity index (χ3v) is 3.66. The smallest absolute Gasteiger partial charge is 0.432 e. The van der Waals surface area contributed by atoms with Crippen LogP contribution in [0.3, 0.4) is 0 Å². The minimum Gasteiger partial charge on any atom is -0.432 e. The van der Waals surface area contributed by atoms with Gasteiger partial charge in [-0.15, -0.1) is 0 Å². The summed E-state index contributed by atoms with van der Waals surface area (Å²) in [4.78, 5) is 31.6. The summed E-state index contributed by atoms with van der Waals surface area (Å²) in [6.45, 7) is 4.49. The summed E-state index contributed by atoms with van der Waals surface area (Å²) in [5.41, 5.74) is 1.44. The van der Waals surface area contributed by atoms with E-state index in [-0.39, 0.29) is 6.61 Å². The molecule has 0 aromatic heterocycles. The number of unbranched alkanes of at least 4 members (excludes halogenated alkanes) is 5. The van der Waals surface area contributed by atoms with Gasteiger partial charge >= 0.3 is 12.1 Å². The van der Waals surface area contributed by atoms with Crippen LogP contribution in [0.2, 0.25) is 0 Å². The average molecular weight is 352 g/mol. The molecule has 0 radical (unpaired) electrons. The second kappa shape index (κ2) is 13.2. The number of ether oxygens (including phenoxy) is 1. The normalized spacial score (nSPS) is 10.3. The molecule has 0 bridgehead atoms. The first-order valence-electron chi connectivity index (χ1n) is 8.98. The van der Waals surface area contributed by atoms with Gasteiger partial charge in [0.25, 0.3) is 0 Å². The molecule has 0 aliphatic carbocycles. The van der Waals surface area contributed by atoms with E-state index in [0.29, 0.717) is 5.56 Å². The lowest BCUT2D eigenvalue weighted by atomic mass is 10.1. The molecule has 1 aromatic carbocycles. The van der Waals surface area contributed by atoms with Crippen molar-refractivity contribution in [1.82, 2.24) is 0 Å². The van der Waals surface area contributed by atoms with Gasteiger partial charge in [0.1, 0.15) is 0 Å². The van der Waals surface area contributed by atoms with Crippen molar-refractivity contribution >= 4 is 12.1 Å². The minimum atomic E-state index is -1.03. The maximum Gasteiger partial charge on any atom is 0.543 e. The molecule has 0 heterocycles. The molecule has 0 saturated heterocycles. The van der Waals surface area contributed by atoms with Gasteiger partial charge < -0.3 is 4.74 Å². The highest BCUT2D eigenvalue weighted by atomic mass is 17.5. The van der Waals surface area contributed by atoms with Crippen LogP contribution in [-0.2, 0) is 26.0 Å². The van der Waals surface area contributed by atoms with Crippen LogP contribution in [0.25, 0.3) is 0 Å². The number of hydrogen-bond donors (Lipinski definition) is 0. The summed E-state index contributed by atoms with van der Waals surface area (Å²) in [5.74, 6) is -0.744. The summed E-state index contributed by atoms with van der Waals surface area (Å²) in [6.07, 6.45) is 7.45. The van der Waals surface area contributed by atoms with Crippen LogP contribution >= 0.6 is 0 Å². The predicted molar refractivity (Wildman–Crippen MR) is 92.7 cm³/mol. The second-order valence-electron chi connectivity index (χ2n) is 5.84. The van der Waals surface area contributed by atoms with Crippen LogP contribution in [0.15, 0.2) is 24.3 Å². The Bertz CT molecular complexity index is 497. The van der Waals surface area contributed by atoms with Crippen molar-refractivity contribution in [3.8, 4) is 0 Å². The Morgan fingerprint density at radius 3 is 2.20 bits per heavy atom. The van der Waals surface area contributed by atoms with Gasteiger partial charge in [-0.3, -0.25) is 4.89 Å². The fraction of sp³-hybridized carbons (Fsp3) is 0.579. The Balaban J connectivity index is 2.10. The quantitative estimate of drug-likeness (QED) is 0.224. The van der Waals surface area contributed by atoms with Gasteiger partial charge in [-0.05, 0) is 30.5 Å². The first-order chi connectivity index (χ1) is 12.2. The molecule has 140 valence electrons. The maximum absolute atomic E-state index is 11.7. The van der Waals surface area contributed by atoms with Crippen molar-refractivity contribution in [1.29, 1.82) is 0 Å². The summed E-state index contributed by atoms with van der Waals surface area (Å²) < 4.78 is 4.80. The highest BCUT2D eigenvalue weighted by Crippen LogP contribution is 2.09. The van der Waals surface area contributed by atoms with Crippen LogP contribution in [-0.4, -0.2) is 18.7 Å². The molecule has 6 nitrogen and oxygen atoms in total. The zero-order chi connectivity index (χ0) is 18.3. The van der Waals surface area contributed by atoms with Crippen LogP contribution < -0.4 is 0 Å². The Kier molecular flexibility index (Phi) is 11.1. The molecule has 0 aliphatic heterocycles. The number of benzene rings is 1. The topological polar surface area (TPSA) is 71.1 Å². The molecular formula is C19H28O6. The van der Waals surface area contributed by atoms with Crippen molar-refractivity contribution in [3.63, 3.8) is 0 Å². The molecule has 25 heavy (non-hydrogen) atoms. The largest absolute Gasteiger partial charge is 0.543 e. The van der Waals surface area contributed by atoms with Crippen molar-refractivity contribution in [2.75, 3.05) is 6.61 Å². The SMILES string of the molecule is CCCCCCCCOC(=O)OOOC(=O)c1ccc(CCC)cc1. The molecule has 0 N–H and O–H groups in total. The van der Waals surface area contributed by atoms with E-state index in [1.807, 2.05) is 12.1 Å². The molecule has 6 heteroatoms. The zero-order valence-corrected chi connectivity index (χ0v) is 15.1. The number of carbonyl (C=O) groups excluding carboxylic acids is 2. The lowest BCUT2D eigenvalue weighted by Gasteiger charge is -2.05. The summed E-state index contributed by atoms with van der Waals surface area (Å²) in [6, 6.07) is 6.95. The van der Waals surface area contributed by atoms with Crippen molar-refractivity contribution in [3.05, 3.63) is 35.4 Å². The highest BCUT2D eigenvalue weighted by Gasteiger charge is 2.12. The van der Waals surface area contributed by atoms with Gasteiger partial charge in [-0.1, -0.05) is 64.5 Å². The lowest BCUT2D eigenvalue weighted by molar-refractivity contribution is -0.452. The Labute approximate surface area is 149 Å². The van der Waals surface area contributed by atoms with E-state index >= 15 is 0 Å². The molecule has 0 spiro atoms. The average Bonchev–Trinajstić information content (AvgIpc) is 2.62. The van der Waals surface area contributed by atoms with Crippen molar-refractivity contribution in [2.45, 2.75) is 65.2 Å². The predicted octanol–water partition coefficient (Wildman–Crippen LogP) is 5.16. The van der Waals surface area contributed by atoms with Gasteiger partial charge in [0.15, 0.2) is 0 Å². The molecule has 0 saturated carbocycles.